The van der Waals surface area contributed by atoms with Gasteiger partial charge in [0.25, 0.3) is 0 Å². The summed E-state index contributed by atoms with van der Waals surface area (Å²) in [5, 5.41) is 16.1. The van der Waals surface area contributed by atoms with Crippen LogP contribution in [0.3, 0.4) is 0 Å². The predicted octanol–water partition coefficient (Wildman–Crippen LogP) is 3.02. The summed E-state index contributed by atoms with van der Waals surface area (Å²) < 4.78 is 21.3. The number of amides is 3. The smallest absolute Gasteiger partial charge is 0.332 e. The van der Waals surface area contributed by atoms with E-state index >= 15 is 0 Å². The Morgan fingerprint density at radius 2 is 1.61 bits per heavy atom. The third-order valence-corrected chi connectivity index (χ3v) is 9.13. The maximum Gasteiger partial charge on any atom is 0.332 e. The Hall–Kier alpha value is -4.21. The minimum Gasteiger partial charge on any atom is -0.459 e. The van der Waals surface area contributed by atoms with E-state index in [-0.39, 0.29) is 71.7 Å². The maximum atomic E-state index is 13.8. The summed E-state index contributed by atoms with van der Waals surface area (Å²) in [5.74, 6) is -1.80. The number of carbonyl (C=O) groups is 4. The van der Waals surface area contributed by atoms with Gasteiger partial charge in [-0.2, -0.15) is 0 Å². The van der Waals surface area contributed by atoms with Gasteiger partial charge in [-0.05, 0) is 29.0 Å². The van der Waals surface area contributed by atoms with Crippen LogP contribution in [0.4, 0.5) is 0 Å². The number of likely N-dealkylation sites (tertiary alicyclic amines) is 1. The van der Waals surface area contributed by atoms with E-state index in [4.69, 9.17) is 18.9 Å². The van der Waals surface area contributed by atoms with Gasteiger partial charge in [0.1, 0.15) is 31.9 Å². The molecular formula is C37H48N4O9S. The highest BCUT2D eigenvalue weighted by Gasteiger charge is 2.44. The minimum atomic E-state index is -0.968. The van der Waals surface area contributed by atoms with Gasteiger partial charge in [0.2, 0.25) is 17.7 Å². The second-order valence-corrected chi connectivity index (χ2v) is 14.2. The number of β-amino-alcohol motifs (C(OH)–C–C–N with tert-alkyl or cyclic N) is 1. The second kappa shape index (κ2) is 19.4. The third kappa shape index (κ3) is 12.5. The Morgan fingerprint density at radius 3 is 2.25 bits per heavy atom. The highest BCUT2D eigenvalue weighted by Crippen LogP contribution is 2.28. The van der Waals surface area contributed by atoms with Crippen molar-refractivity contribution in [1.82, 2.24) is 20.5 Å². The number of hydrogen-bond donors (Lipinski definition) is 3. The van der Waals surface area contributed by atoms with Crippen molar-refractivity contribution in [3.8, 4) is 10.4 Å². The van der Waals surface area contributed by atoms with Crippen molar-refractivity contribution in [3.05, 3.63) is 76.9 Å². The molecule has 3 atom stereocenters. The molecule has 2 heterocycles. The Balaban J connectivity index is 1.15. The summed E-state index contributed by atoms with van der Waals surface area (Å²) in [5.41, 5.74) is 4.90. The summed E-state index contributed by atoms with van der Waals surface area (Å²) in [6.07, 6.45) is -0.775. The zero-order valence-corrected chi connectivity index (χ0v) is 30.4. The van der Waals surface area contributed by atoms with E-state index in [0.29, 0.717) is 0 Å². The lowest BCUT2D eigenvalue weighted by Crippen LogP contribution is -2.58. The third-order valence-electron chi connectivity index (χ3n) is 8.15. The molecule has 51 heavy (non-hydrogen) atoms. The fourth-order valence-corrected chi connectivity index (χ4v) is 6.23. The maximum absolute atomic E-state index is 13.8. The quantitative estimate of drug-likeness (QED) is 0.131. The van der Waals surface area contributed by atoms with Gasteiger partial charge in [0.05, 0.1) is 48.6 Å². The van der Waals surface area contributed by atoms with Crippen LogP contribution in [0.5, 0.6) is 0 Å². The average Bonchev–Trinajstić information content (AvgIpc) is 3.73. The number of esters is 1. The minimum absolute atomic E-state index is 0.0192. The van der Waals surface area contributed by atoms with Gasteiger partial charge in [-0.25, -0.2) is 9.78 Å². The van der Waals surface area contributed by atoms with E-state index < -0.39 is 41.4 Å². The molecule has 3 unspecified atom stereocenters. The first-order chi connectivity index (χ1) is 24.4. The number of aryl methyl sites for hydroxylation is 1. The average molecular weight is 725 g/mol. The van der Waals surface area contributed by atoms with Crippen molar-refractivity contribution in [2.75, 3.05) is 46.2 Å². The van der Waals surface area contributed by atoms with E-state index in [1.54, 1.807) is 16.8 Å². The van der Waals surface area contributed by atoms with Gasteiger partial charge in [0.15, 0.2) is 0 Å². The number of hydrogen-bond acceptors (Lipinski definition) is 11. The van der Waals surface area contributed by atoms with Crippen LogP contribution >= 0.6 is 11.3 Å². The summed E-state index contributed by atoms with van der Waals surface area (Å²) in [7, 11) is 0. The van der Waals surface area contributed by atoms with Crippen LogP contribution in [-0.4, -0.2) is 103 Å². The molecule has 4 rings (SSSR count). The number of nitrogens with one attached hydrogen (secondary N) is 2. The summed E-state index contributed by atoms with van der Waals surface area (Å²) in [6.45, 7) is 8.04. The Bertz CT molecular complexity index is 1580. The van der Waals surface area contributed by atoms with E-state index in [1.807, 2.05) is 82.3 Å². The molecule has 2 aromatic carbocycles. The molecule has 0 spiro atoms. The van der Waals surface area contributed by atoms with Crippen molar-refractivity contribution in [1.29, 1.82) is 0 Å². The summed E-state index contributed by atoms with van der Waals surface area (Å²) in [6, 6.07) is 15.3. The van der Waals surface area contributed by atoms with Gasteiger partial charge in [-0.15, -0.1) is 11.3 Å². The zero-order valence-electron chi connectivity index (χ0n) is 29.6. The fourth-order valence-electron chi connectivity index (χ4n) is 5.42. The van der Waals surface area contributed by atoms with E-state index in [0.717, 1.165) is 27.3 Å². The van der Waals surface area contributed by atoms with Gasteiger partial charge < -0.3 is 39.6 Å². The number of rotatable bonds is 18. The van der Waals surface area contributed by atoms with Crippen LogP contribution in [0.25, 0.3) is 10.4 Å². The van der Waals surface area contributed by atoms with Crippen LogP contribution in [0.1, 0.15) is 44.0 Å². The standard InChI is InChI=1S/C37H48N4O9S/c1-25-33(51-24-39-25)28-12-10-26(11-13-28)19-38-35(45)30-18-29(42)20-41(30)36(46)34(37(2,3)4)40-31(43)22-48-16-14-47-15-17-49-23-32(44)50-21-27-8-6-5-7-9-27/h5-13,24,29-30,34,42H,14-23H2,1-4H3,(H,38,45)(H,40,43). The molecule has 0 bridgehead atoms. The molecule has 1 fully saturated rings. The van der Waals surface area contributed by atoms with Crippen LogP contribution in [0.15, 0.2) is 60.1 Å². The van der Waals surface area contributed by atoms with Crippen molar-refractivity contribution >= 4 is 35.0 Å². The molecule has 3 aromatic rings. The Morgan fingerprint density at radius 1 is 0.941 bits per heavy atom. The monoisotopic (exact) mass is 724 g/mol. The number of aliphatic hydroxyl groups excluding tert-OH is 1. The molecule has 0 aliphatic carbocycles. The van der Waals surface area contributed by atoms with Gasteiger partial charge in [-0.1, -0.05) is 75.4 Å². The first-order valence-electron chi connectivity index (χ1n) is 16.9. The van der Waals surface area contributed by atoms with Crippen molar-refractivity contribution in [3.63, 3.8) is 0 Å². The Kier molecular flexibility index (Phi) is 15.1. The topological polar surface area (TPSA) is 166 Å². The van der Waals surface area contributed by atoms with E-state index in [1.165, 1.54) is 4.90 Å². The number of benzene rings is 2. The molecular weight excluding hydrogens is 676 g/mol. The van der Waals surface area contributed by atoms with Crippen LogP contribution < -0.4 is 10.6 Å². The Labute approximate surface area is 302 Å². The number of carbonyl (C=O) groups excluding carboxylic acids is 4. The highest BCUT2D eigenvalue weighted by atomic mass is 32.1. The lowest BCUT2D eigenvalue weighted by Gasteiger charge is -2.35. The van der Waals surface area contributed by atoms with Crippen LogP contribution in [0.2, 0.25) is 0 Å². The van der Waals surface area contributed by atoms with Gasteiger partial charge in [-0.3, -0.25) is 14.4 Å². The summed E-state index contributed by atoms with van der Waals surface area (Å²) in [4.78, 5) is 58.4. The molecule has 13 nitrogen and oxygen atoms in total. The zero-order chi connectivity index (χ0) is 36.8. The van der Waals surface area contributed by atoms with E-state index in [9.17, 15) is 24.3 Å². The molecule has 1 saturated heterocycles. The molecule has 3 amide bonds. The lowest BCUT2D eigenvalue weighted by molar-refractivity contribution is -0.150. The molecule has 1 aliphatic rings. The number of nitrogens with zero attached hydrogens (tertiary/aromatic N) is 2. The predicted molar refractivity (Wildman–Crippen MR) is 190 cm³/mol. The number of ether oxygens (including phenoxy) is 4. The molecule has 3 N–H and O–H groups in total. The van der Waals surface area contributed by atoms with Crippen molar-refractivity contribution < 1.29 is 43.2 Å². The molecule has 0 radical (unpaired) electrons. The van der Waals surface area contributed by atoms with Crippen LogP contribution in [0, 0.1) is 12.3 Å². The van der Waals surface area contributed by atoms with Crippen molar-refractivity contribution in [2.45, 2.75) is 65.5 Å². The molecule has 276 valence electrons. The number of aliphatic hydroxyl groups is 1. The first-order valence-corrected chi connectivity index (χ1v) is 17.8. The van der Waals surface area contributed by atoms with Gasteiger partial charge >= 0.3 is 5.97 Å². The summed E-state index contributed by atoms with van der Waals surface area (Å²) >= 11 is 1.57. The normalized spacial score (nSPS) is 16.5. The second-order valence-electron chi connectivity index (χ2n) is 13.3. The largest absolute Gasteiger partial charge is 0.459 e. The van der Waals surface area contributed by atoms with Crippen molar-refractivity contribution in [2.24, 2.45) is 5.41 Å². The number of aromatic nitrogens is 1. The first kappa shape index (κ1) is 39.6. The van der Waals surface area contributed by atoms with Gasteiger partial charge in [0, 0.05) is 19.5 Å². The SMILES string of the molecule is Cc1ncsc1-c1ccc(CNC(=O)C2CC(O)CN2C(=O)C(NC(=O)COCCOCCOCC(=O)OCc2ccccc2)C(C)(C)C)cc1. The highest BCUT2D eigenvalue weighted by molar-refractivity contribution is 7.13. The molecule has 1 aliphatic heterocycles. The van der Waals surface area contributed by atoms with E-state index in [2.05, 4.69) is 15.6 Å². The number of thiazole rings is 1. The molecule has 0 saturated carbocycles. The lowest BCUT2D eigenvalue weighted by atomic mass is 9.85. The molecule has 1 aromatic heterocycles. The molecule has 14 heteroatoms. The fraction of sp³-hybridized carbons (Fsp3) is 0.486. The van der Waals surface area contributed by atoms with Crippen LogP contribution in [-0.2, 0) is 51.3 Å².